The summed E-state index contributed by atoms with van der Waals surface area (Å²) < 4.78 is 6.08. The number of piperidine rings is 2. The van der Waals surface area contributed by atoms with E-state index in [9.17, 15) is 20.0 Å². The van der Waals surface area contributed by atoms with Gasteiger partial charge in [0.1, 0.15) is 12.1 Å². The third-order valence-corrected chi connectivity index (χ3v) is 9.61. The van der Waals surface area contributed by atoms with Gasteiger partial charge in [-0.05, 0) is 85.9 Å². The van der Waals surface area contributed by atoms with Gasteiger partial charge in [0.05, 0.1) is 11.5 Å². The number of carbonyl (C=O) groups is 2. The molecule has 244 valence electrons. The molecule has 2 unspecified atom stereocenters. The van der Waals surface area contributed by atoms with Gasteiger partial charge in [-0.1, -0.05) is 12.1 Å². The zero-order chi connectivity index (χ0) is 32.4. The molecule has 2 saturated heterocycles. The number of amides is 1. The molecule has 2 fully saturated rings. The maximum atomic E-state index is 13.8. The summed E-state index contributed by atoms with van der Waals surface area (Å²) in [5, 5.41) is 27.3. The lowest BCUT2D eigenvalue weighted by Gasteiger charge is -2.52. The van der Waals surface area contributed by atoms with Crippen molar-refractivity contribution in [3.63, 3.8) is 0 Å². The number of benzene rings is 1. The number of hydrogen-bond acceptors (Lipinski definition) is 8. The monoisotopic (exact) mass is 642 g/mol. The number of nitrogens with zero attached hydrogens (tertiary/aromatic N) is 3. The topological polar surface area (TPSA) is 106 Å². The van der Waals surface area contributed by atoms with Crippen molar-refractivity contribution in [3.8, 4) is 0 Å². The molecule has 0 spiro atoms. The molecule has 11 heteroatoms. The summed E-state index contributed by atoms with van der Waals surface area (Å²) >= 11 is 12.0. The highest BCUT2D eigenvalue weighted by Gasteiger charge is 2.51. The van der Waals surface area contributed by atoms with E-state index in [-0.39, 0.29) is 12.3 Å². The number of hydrogen-bond donors (Lipinski definition) is 3. The van der Waals surface area contributed by atoms with Crippen molar-refractivity contribution in [3.05, 3.63) is 29.8 Å². The second-order valence-electron chi connectivity index (χ2n) is 14.6. The largest absolute Gasteiger partial charge is 0.461 e. The molecule has 2 aliphatic heterocycles. The molecule has 3 N–H and O–H groups in total. The third-order valence-electron chi connectivity index (χ3n) is 9.27. The number of ether oxygens (including phenoxy) is 1. The molecular weight excluding hydrogens is 591 g/mol. The number of hydroxylamine groups is 4. The van der Waals surface area contributed by atoms with Crippen LogP contribution in [0.3, 0.4) is 0 Å². The minimum atomic E-state index is -0.934. The van der Waals surface area contributed by atoms with E-state index in [1.54, 1.807) is 0 Å². The van der Waals surface area contributed by atoms with Crippen LogP contribution in [0.25, 0.3) is 0 Å². The quantitative estimate of drug-likeness (QED) is 0.211. The maximum Gasteiger partial charge on any atom is 0.329 e. The zero-order valence-corrected chi connectivity index (χ0v) is 28.6. The third kappa shape index (κ3) is 8.35. The Morgan fingerprint density at radius 2 is 1.47 bits per heavy atom. The maximum absolute atomic E-state index is 13.8. The van der Waals surface area contributed by atoms with E-state index in [1.165, 1.54) is 10.1 Å². The minimum Gasteiger partial charge on any atom is -0.461 e. The first-order chi connectivity index (χ1) is 19.9. The number of alkyl halides is 2. The lowest BCUT2D eigenvalue weighted by molar-refractivity contribution is -0.260. The minimum absolute atomic E-state index is 0.239. The van der Waals surface area contributed by atoms with Crippen LogP contribution in [0.15, 0.2) is 24.3 Å². The van der Waals surface area contributed by atoms with Crippen LogP contribution >= 0.6 is 23.2 Å². The Kier molecular flexibility index (Phi) is 11.5. The van der Waals surface area contributed by atoms with Crippen molar-refractivity contribution in [2.75, 3.05) is 29.7 Å². The van der Waals surface area contributed by atoms with Crippen molar-refractivity contribution in [2.45, 2.75) is 122 Å². The second-order valence-corrected chi connectivity index (χ2v) is 15.3. The molecule has 2 aliphatic rings. The van der Waals surface area contributed by atoms with Gasteiger partial charge in [-0.25, -0.2) is 4.79 Å². The first-order valence-corrected chi connectivity index (χ1v) is 16.4. The summed E-state index contributed by atoms with van der Waals surface area (Å²) in [6.45, 7) is 16.6. The van der Waals surface area contributed by atoms with Gasteiger partial charge >= 0.3 is 5.97 Å². The predicted octanol–water partition coefficient (Wildman–Crippen LogP) is 5.61. The zero-order valence-electron chi connectivity index (χ0n) is 27.1. The van der Waals surface area contributed by atoms with Crippen molar-refractivity contribution in [1.82, 2.24) is 15.4 Å². The Labute approximate surface area is 267 Å². The summed E-state index contributed by atoms with van der Waals surface area (Å²) in [5.41, 5.74) is -0.657. The van der Waals surface area contributed by atoms with Gasteiger partial charge in [0.2, 0.25) is 5.91 Å². The van der Waals surface area contributed by atoms with Crippen LogP contribution in [-0.4, -0.2) is 91.6 Å². The number of rotatable bonds is 11. The standard InChI is InChI=1S/C32H52Cl2N4O5/c1-29(2)14-13-25(32(7,8)38(29)42)27(39)35-26(19-22-9-11-23(12-10-22)36(17-15-33)18-16-34)28(40)43-24-20-30(3,4)37(41)31(5,6)21-24/h9-12,24-26,41-42H,13-21H2,1-8H3,(H,35,39). The van der Waals surface area contributed by atoms with Crippen molar-refractivity contribution < 1.29 is 24.7 Å². The van der Waals surface area contributed by atoms with E-state index < -0.39 is 46.2 Å². The van der Waals surface area contributed by atoms with Gasteiger partial charge in [0.25, 0.3) is 0 Å². The molecule has 0 radical (unpaired) electrons. The van der Waals surface area contributed by atoms with Crippen molar-refractivity contribution in [2.24, 2.45) is 5.92 Å². The van der Waals surface area contributed by atoms with Crippen LogP contribution in [0.4, 0.5) is 5.69 Å². The Morgan fingerprint density at radius 1 is 0.930 bits per heavy atom. The number of halogens is 2. The average molecular weight is 644 g/mol. The first kappa shape index (κ1) is 35.9. The molecule has 1 aromatic carbocycles. The van der Waals surface area contributed by atoms with Gasteiger partial charge in [-0.3, -0.25) is 4.79 Å². The van der Waals surface area contributed by atoms with Gasteiger partial charge in [-0.15, -0.1) is 23.2 Å². The van der Waals surface area contributed by atoms with Crippen LogP contribution in [-0.2, 0) is 20.7 Å². The summed E-state index contributed by atoms with van der Waals surface area (Å²) in [6, 6.07) is 6.89. The normalized spacial score (nSPS) is 24.2. The highest BCUT2D eigenvalue weighted by Crippen LogP contribution is 2.41. The molecule has 0 bridgehead atoms. The van der Waals surface area contributed by atoms with E-state index in [0.717, 1.165) is 11.3 Å². The smallest absolute Gasteiger partial charge is 0.329 e. The lowest BCUT2D eigenvalue weighted by Crippen LogP contribution is -2.64. The van der Waals surface area contributed by atoms with Crippen LogP contribution in [0.1, 0.15) is 86.6 Å². The summed E-state index contributed by atoms with van der Waals surface area (Å²) in [6.07, 6.45) is 1.93. The summed E-state index contributed by atoms with van der Waals surface area (Å²) in [5.74, 6) is -0.387. The Hall–Kier alpha value is -1.62. The molecule has 0 saturated carbocycles. The lowest BCUT2D eigenvalue weighted by atomic mass is 9.73. The predicted molar refractivity (Wildman–Crippen MR) is 171 cm³/mol. The molecule has 1 aromatic rings. The molecule has 9 nitrogen and oxygen atoms in total. The van der Waals surface area contributed by atoms with Crippen LogP contribution in [0.5, 0.6) is 0 Å². The van der Waals surface area contributed by atoms with E-state index >= 15 is 0 Å². The van der Waals surface area contributed by atoms with E-state index in [4.69, 9.17) is 27.9 Å². The molecule has 0 aliphatic carbocycles. The van der Waals surface area contributed by atoms with Gasteiger partial charge in [-0.2, -0.15) is 10.1 Å². The van der Waals surface area contributed by atoms with Gasteiger partial charge in [0, 0.05) is 66.4 Å². The molecule has 3 rings (SSSR count). The Bertz CT molecular complexity index is 1090. The van der Waals surface area contributed by atoms with E-state index in [0.29, 0.717) is 50.5 Å². The Morgan fingerprint density at radius 3 is 1.98 bits per heavy atom. The van der Waals surface area contributed by atoms with Crippen LogP contribution in [0.2, 0.25) is 0 Å². The Balaban J connectivity index is 1.85. The molecular formula is C32H52Cl2N4O5. The molecule has 1 amide bonds. The molecule has 43 heavy (non-hydrogen) atoms. The highest BCUT2D eigenvalue weighted by atomic mass is 35.5. The summed E-state index contributed by atoms with van der Waals surface area (Å²) in [4.78, 5) is 29.7. The molecule has 2 atom stereocenters. The second kappa shape index (κ2) is 13.8. The number of esters is 1. The fourth-order valence-electron chi connectivity index (χ4n) is 6.96. The summed E-state index contributed by atoms with van der Waals surface area (Å²) in [7, 11) is 0. The fraction of sp³-hybridized carbons (Fsp3) is 0.750. The van der Waals surface area contributed by atoms with Crippen molar-refractivity contribution >= 4 is 40.8 Å². The number of nitrogens with one attached hydrogen (secondary N) is 1. The molecule has 2 heterocycles. The van der Waals surface area contributed by atoms with Gasteiger partial charge < -0.3 is 25.4 Å². The SMILES string of the molecule is CC1(C)CC(OC(=O)C(Cc2ccc(N(CCCl)CCCl)cc2)NC(=O)C2CCC(C)(C)N(O)C2(C)C)CC(C)(C)N1O. The van der Waals surface area contributed by atoms with Gasteiger partial charge in [0.15, 0.2) is 0 Å². The van der Waals surface area contributed by atoms with E-state index in [1.807, 2.05) is 79.7 Å². The number of anilines is 1. The average Bonchev–Trinajstić information content (AvgIpc) is 2.90. The number of carbonyl (C=O) groups excluding carboxylic acids is 2. The van der Waals surface area contributed by atoms with Crippen LogP contribution in [0, 0.1) is 5.92 Å². The van der Waals surface area contributed by atoms with Crippen molar-refractivity contribution in [1.29, 1.82) is 0 Å². The fourth-order valence-corrected chi connectivity index (χ4v) is 7.37. The first-order valence-electron chi connectivity index (χ1n) is 15.3. The van der Waals surface area contributed by atoms with Crippen LogP contribution < -0.4 is 10.2 Å². The molecule has 0 aromatic heterocycles. The highest BCUT2D eigenvalue weighted by molar-refractivity contribution is 6.18. The van der Waals surface area contributed by atoms with E-state index in [2.05, 4.69) is 10.2 Å².